The number of nitrogens with zero attached hydrogens (tertiary/aromatic N) is 1. The lowest BCUT2D eigenvalue weighted by Crippen LogP contribution is -2.46. The first kappa shape index (κ1) is 21.2. The third-order valence-electron chi connectivity index (χ3n) is 5.30. The number of alkyl halides is 3. The fourth-order valence-corrected chi connectivity index (χ4v) is 3.78. The normalized spacial score (nSPS) is 16.3. The summed E-state index contributed by atoms with van der Waals surface area (Å²) in [6.45, 7) is 0.0225. The minimum atomic E-state index is -4.57. The lowest BCUT2D eigenvalue weighted by atomic mass is 9.94. The first-order valence-corrected chi connectivity index (χ1v) is 9.83. The van der Waals surface area contributed by atoms with Crippen LogP contribution in [0, 0.1) is 0 Å². The van der Waals surface area contributed by atoms with E-state index in [2.05, 4.69) is 5.32 Å². The molecule has 0 heterocycles. The van der Waals surface area contributed by atoms with Crippen LogP contribution in [0.5, 0.6) is 0 Å². The van der Waals surface area contributed by atoms with Crippen LogP contribution in [-0.4, -0.2) is 28.6 Å². The molecule has 3 rings (SSSR count). The Morgan fingerprint density at radius 2 is 1.66 bits per heavy atom. The number of hydrogen-bond acceptors (Lipinski definition) is 2. The molecule has 2 N–H and O–H groups in total. The molecule has 0 aliphatic heterocycles. The van der Waals surface area contributed by atoms with Crippen LogP contribution in [0.2, 0.25) is 0 Å². The third-order valence-corrected chi connectivity index (χ3v) is 5.30. The maximum Gasteiger partial charge on any atom is 0.418 e. The number of benzene rings is 2. The molecule has 1 saturated carbocycles. The third kappa shape index (κ3) is 5.50. The molecule has 4 nitrogen and oxygen atoms in total. The number of carbonyl (C=O) groups excluding carboxylic acids is 1. The number of nitrogens with one attached hydrogen (secondary N) is 1. The van der Waals surface area contributed by atoms with Gasteiger partial charge in [0.15, 0.2) is 0 Å². The number of carbonyl (C=O) groups is 1. The summed E-state index contributed by atoms with van der Waals surface area (Å²) in [5, 5.41) is 13.0. The molecule has 7 heteroatoms. The number of anilines is 1. The number of urea groups is 1. The minimum Gasteiger partial charge on any atom is -0.387 e. The monoisotopic (exact) mass is 406 g/mol. The minimum absolute atomic E-state index is 0.0225. The van der Waals surface area contributed by atoms with Gasteiger partial charge in [0.25, 0.3) is 0 Å². The Bertz CT molecular complexity index is 805. The highest BCUT2D eigenvalue weighted by Gasteiger charge is 2.35. The SMILES string of the molecule is O=C(Nc1ccccc1C(F)(F)F)N(C[C@@H](O)c1ccccc1)C1CCCCC1. The van der Waals surface area contributed by atoms with E-state index in [0.717, 1.165) is 38.2 Å². The smallest absolute Gasteiger partial charge is 0.387 e. The van der Waals surface area contributed by atoms with Gasteiger partial charge in [-0.2, -0.15) is 13.2 Å². The Kier molecular flexibility index (Phi) is 6.79. The van der Waals surface area contributed by atoms with Gasteiger partial charge in [-0.15, -0.1) is 0 Å². The van der Waals surface area contributed by atoms with Gasteiger partial charge in [-0.25, -0.2) is 4.79 Å². The van der Waals surface area contributed by atoms with Crippen molar-refractivity contribution in [3.63, 3.8) is 0 Å². The Balaban J connectivity index is 1.81. The van der Waals surface area contributed by atoms with Crippen molar-refractivity contribution in [1.82, 2.24) is 4.90 Å². The lowest BCUT2D eigenvalue weighted by molar-refractivity contribution is -0.136. The zero-order valence-electron chi connectivity index (χ0n) is 16.0. The predicted octanol–water partition coefficient (Wildman–Crippen LogP) is 5.61. The van der Waals surface area contributed by atoms with Crippen molar-refractivity contribution in [3.8, 4) is 0 Å². The van der Waals surface area contributed by atoms with Gasteiger partial charge < -0.3 is 15.3 Å². The van der Waals surface area contributed by atoms with Crippen LogP contribution >= 0.6 is 0 Å². The van der Waals surface area contributed by atoms with E-state index in [4.69, 9.17) is 0 Å². The number of para-hydroxylation sites is 1. The van der Waals surface area contributed by atoms with Gasteiger partial charge in [-0.3, -0.25) is 0 Å². The average Bonchev–Trinajstić information content (AvgIpc) is 2.72. The van der Waals surface area contributed by atoms with Crippen molar-refractivity contribution in [1.29, 1.82) is 0 Å². The van der Waals surface area contributed by atoms with Gasteiger partial charge in [0, 0.05) is 6.04 Å². The van der Waals surface area contributed by atoms with E-state index in [0.29, 0.717) is 5.56 Å². The summed E-state index contributed by atoms with van der Waals surface area (Å²) in [5.41, 5.74) is -0.502. The molecule has 156 valence electrons. The van der Waals surface area contributed by atoms with Crippen LogP contribution in [0.3, 0.4) is 0 Å². The quantitative estimate of drug-likeness (QED) is 0.679. The van der Waals surface area contributed by atoms with E-state index in [-0.39, 0.29) is 18.3 Å². The van der Waals surface area contributed by atoms with Gasteiger partial charge in [-0.1, -0.05) is 61.7 Å². The van der Waals surface area contributed by atoms with Crippen LogP contribution < -0.4 is 5.32 Å². The Labute approximate surface area is 168 Å². The molecule has 0 radical (unpaired) electrons. The molecule has 1 aliphatic rings. The molecule has 0 spiro atoms. The summed E-state index contributed by atoms with van der Waals surface area (Å²) >= 11 is 0. The van der Waals surface area contributed by atoms with Crippen LogP contribution in [0.25, 0.3) is 0 Å². The zero-order valence-corrected chi connectivity index (χ0v) is 16.0. The van der Waals surface area contributed by atoms with E-state index in [1.807, 2.05) is 6.07 Å². The molecule has 0 bridgehead atoms. The van der Waals surface area contributed by atoms with Crippen LogP contribution in [0.15, 0.2) is 54.6 Å². The maximum atomic E-state index is 13.3. The molecule has 1 fully saturated rings. The molecule has 2 aromatic rings. The summed E-state index contributed by atoms with van der Waals surface area (Å²) < 4.78 is 39.8. The second kappa shape index (κ2) is 9.31. The molecule has 0 unspecified atom stereocenters. The second-order valence-electron chi connectivity index (χ2n) is 7.34. The van der Waals surface area contributed by atoms with E-state index in [9.17, 15) is 23.1 Å². The average molecular weight is 406 g/mol. The summed E-state index contributed by atoms with van der Waals surface area (Å²) in [7, 11) is 0. The van der Waals surface area contributed by atoms with Crippen molar-refractivity contribution in [2.75, 3.05) is 11.9 Å². The fourth-order valence-electron chi connectivity index (χ4n) is 3.78. The molecule has 1 atom stereocenters. The molecule has 0 aromatic heterocycles. The number of aliphatic hydroxyl groups is 1. The van der Waals surface area contributed by atoms with Crippen molar-refractivity contribution in [3.05, 3.63) is 65.7 Å². The summed E-state index contributed by atoms with van der Waals surface area (Å²) in [4.78, 5) is 14.5. The van der Waals surface area contributed by atoms with E-state index < -0.39 is 23.9 Å². The molecule has 0 saturated heterocycles. The lowest BCUT2D eigenvalue weighted by Gasteiger charge is -2.36. The highest BCUT2D eigenvalue weighted by atomic mass is 19.4. The van der Waals surface area contributed by atoms with Crippen LogP contribution in [-0.2, 0) is 6.18 Å². The number of amides is 2. The van der Waals surface area contributed by atoms with Gasteiger partial charge in [0.1, 0.15) is 0 Å². The summed E-state index contributed by atoms with van der Waals surface area (Å²) in [5.74, 6) is 0. The highest BCUT2D eigenvalue weighted by Crippen LogP contribution is 2.35. The Hall–Kier alpha value is -2.54. The highest BCUT2D eigenvalue weighted by molar-refractivity contribution is 5.90. The Morgan fingerprint density at radius 1 is 1.03 bits per heavy atom. The molecule has 29 heavy (non-hydrogen) atoms. The largest absolute Gasteiger partial charge is 0.418 e. The topological polar surface area (TPSA) is 52.6 Å². The summed E-state index contributed by atoms with van der Waals surface area (Å²) in [6.07, 6.45) is -0.954. The second-order valence-corrected chi connectivity index (χ2v) is 7.34. The van der Waals surface area contributed by atoms with Crippen molar-refractivity contribution < 1.29 is 23.1 Å². The van der Waals surface area contributed by atoms with Crippen molar-refractivity contribution >= 4 is 11.7 Å². The van der Waals surface area contributed by atoms with Crippen molar-refractivity contribution in [2.24, 2.45) is 0 Å². The predicted molar refractivity (Wildman–Crippen MR) is 105 cm³/mol. The molecule has 1 aliphatic carbocycles. The van der Waals surface area contributed by atoms with Gasteiger partial charge in [0.05, 0.1) is 23.9 Å². The van der Waals surface area contributed by atoms with Gasteiger partial charge in [-0.05, 0) is 30.5 Å². The zero-order chi connectivity index (χ0) is 20.9. The number of halogens is 3. The standard InChI is InChI=1S/C22H25F3N2O2/c23-22(24,25)18-13-7-8-14-19(18)26-21(29)27(17-11-5-2-6-12-17)15-20(28)16-9-3-1-4-10-16/h1,3-4,7-10,13-14,17,20,28H,2,5-6,11-12,15H2,(H,26,29)/t20-/m1/s1. The van der Waals surface area contributed by atoms with Gasteiger partial charge in [0.2, 0.25) is 0 Å². The van der Waals surface area contributed by atoms with Crippen LogP contribution in [0.1, 0.15) is 49.3 Å². The Morgan fingerprint density at radius 3 is 2.31 bits per heavy atom. The number of hydrogen-bond donors (Lipinski definition) is 2. The first-order valence-electron chi connectivity index (χ1n) is 9.83. The molecule has 2 amide bonds. The van der Waals surface area contributed by atoms with E-state index in [1.165, 1.54) is 23.1 Å². The molecular weight excluding hydrogens is 381 g/mol. The maximum absolute atomic E-state index is 13.3. The molecular formula is C22H25F3N2O2. The van der Waals surface area contributed by atoms with Crippen molar-refractivity contribution in [2.45, 2.75) is 50.4 Å². The first-order chi connectivity index (χ1) is 13.9. The number of rotatable bonds is 5. The van der Waals surface area contributed by atoms with Gasteiger partial charge >= 0.3 is 12.2 Å². The summed E-state index contributed by atoms with van der Waals surface area (Å²) in [6, 6.07) is 13.1. The van der Waals surface area contributed by atoms with Crippen LogP contribution in [0.4, 0.5) is 23.7 Å². The van der Waals surface area contributed by atoms with E-state index in [1.54, 1.807) is 24.3 Å². The molecule has 2 aromatic carbocycles. The van der Waals surface area contributed by atoms with E-state index >= 15 is 0 Å². The fraction of sp³-hybridized carbons (Fsp3) is 0.409. The number of aliphatic hydroxyl groups excluding tert-OH is 1.